The Hall–Kier alpha value is -1.54. The lowest BCUT2D eigenvalue weighted by molar-refractivity contribution is 0.276. The van der Waals surface area contributed by atoms with E-state index in [1.54, 1.807) is 0 Å². The van der Waals surface area contributed by atoms with Crippen molar-refractivity contribution < 1.29 is 5.11 Å². The number of H-pyrrole nitrogens is 1. The highest BCUT2D eigenvalue weighted by Gasteiger charge is 2.02. The van der Waals surface area contributed by atoms with E-state index in [-0.39, 0.29) is 6.61 Å². The molecule has 0 unspecified atom stereocenters. The van der Waals surface area contributed by atoms with Crippen LogP contribution in [-0.2, 0) is 13.0 Å². The zero-order valence-corrected chi connectivity index (χ0v) is 7.90. The fourth-order valence-electron chi connectivity index (χ4n) is 1.56. The quantitative estimate of drug-likeness (QED) is 0.758. The van der Waals surface area contributed by atoms with Crippen molar-refractivity contribution in [2.45, 2.75) is 13.0 Å². The van der Waals surface area contributed by atoms with Gasteiger partial charge in [0.15, 0.2) is 0 Å². The van der Waals surface area contributed by atoms with Crippen molar-refractivity contribution in [2.24, 2.45) is 0 Å². The average molecular weight is 187 g/mol. The first-order valence-electron chi connectivity index (χ1n) is 4.70. The number of aliphatic hydroxyl groups excluding tert-OH is 1. The van der Waals surface area contributed by atoms with Gasteiger partial charge in [0.1, 0.15) is 0 Å². The maximum Gasteiger partial charge on any atom is 0.0833 e. The van der Waals surface area contributed by atoms with Gasteiger partial charge in [0.05, 0.1) is 6.61 Å². The number of aromatic amines is 1. The lowest BCUT2D eigenvalue weighted by Crippen LogP contribution is -1.92. The van der Waals surface area contributed by atoms with Gasteiger partial charge < -0.3 is 10.1 Å². The second-order valence-corrected chi connectivity index (χ2v) is 3.30. The van der Waals surface area contributed by atoms with Gasteiger partial charge in [-0.3, -0.25) is 0 Å². The molecule has 72 valence electrons. The van der Waals surface area contributed by atoms with Crippen LogP contribution in [0.5, 0.6) is 0 Å². The minimum Gasteiger partial charge on any atom is -0.390 e. The Morgan fingerprint density at radius 3 is 2.57 bits per heavy atom. The standard InChI is InChI=1S/C12H13NO/c14-9-12-11(6-7-13-12)8-10-4-2-1-3-5-10/h1-7,13-14H,8-9H2. The summed E-state index contributed by atoms with van der Waals surface area (Å²) in [5, 5.41) is 9.05. The third-order valence-electron chi connectivity index (χ3n) is 2.33. The van der Waals surface area contributed by atoms with Gasteiger partial charge >= 0.3 is 0 Å². The summed E-state index contributed by atoms with van der Waals surface area (Å²) in [5.41, 5.74) is 3.34. The van der Waals surface area contributed by atoms with Crippen molar-refractivity contribution in [3.05, 3.63) is 59.4 Å². The number of benzene rings is 1. The Morgan fingerprint density at radius 1 is 1.07 bits per heavy atom. The number of rotatable bonds is 3. The molecule has 14 heavy (non-hydrogen) atoms. The molecule has 1 aromatic carbocycles. The van der Waals surface area contributed by atoms with Gasteiger partial charge in [0.25, 0.3) is 0 Å². The van der Waals surface area contributed by atoms with E-state index in [1.165, 1.54) is 11.1 Å². The van der Waals surface area contributed by atoms with E-state index in [9.17, 15) is 0 Å². The van der Waals surface area contributed by atoms with Crippen LogP contribution >= 0.6 is 0 Å². The second-order valence-electron chi connectivity index (χ2n) is 3.30. The highest BCUT2D eigenvalue weighted by atomic mass is 16.3. The second kappa shape index (κ2) is 4.11. The predicted molar refractivity (Wildman–Crippen MR) is 56.0 cm³/mol. The lowest BCUT2D eigenvalue weighted by Gasteiger charge is -2.01. The molecule has 0 aliphatic rings. The molecule has 0 bridgehead atoms. The van der Waals surface area contributed by atoms with Crippen LogP contribution in [0.1, 0.15) is 16.8 Å². The number of nitrogens with one attached hydrogen (secondary N) is 1. The largest absolute Gasteiger partial charge is 0.390 e. The Kier molecular flexibility index (Phi) is 2.65. The maximum atomic E-state index is 9.05. The molecule has 2 aromatic rings. The normalized spacial score (nSPS) is 10.4. The Labute approximate surface area is 83.2 Å². The summed E-state index contributed by atoms with van der Waals surface area (Å²) in [6.45, 7) is 0.0785. The summed E-state index contributed by atoms with van der Waals surface area (Å²) < 4.78 is 0. The molecule has 0 fully saturated rings. The molecule has 0 aliphatic carbocycles. The number of aliphatic hydroxyl groups is 1. The van der Waals surface area contributed by atoms with Crippen molar-refractivity contribution >= 4 is 0 Å². The van der Waals surface area contributed by atoms with Crippen molar-refractivity contribution in [2.75, 3.05) is 0 Å². The molecule has 0 saturated carbocycles. The van der Waals surface area contributed by atoms with Crippen molar-refractivity contribution in [1.82, 2.24) is 4.98 Å². The Morgan fingerprint density at radius 2 is 1.86 bits per heavy atom. The molecule has 0 spiro atoms. The molecule has 0 radical (unpaired) electrons. The van der Waals surface area contributed by atoms with Gasteiger partial charge in [-0.15, -0.1) is 0 Å². The minimum atomic E-state index is 0.0785. The molecule has 1 aromatic heterocycles. The third kappa shape index (κ3) is 1.86. The molecule has 1 heterocycles. The Balaban J connectivity index is 2.19. The van der Waals surface area contributed by atoms with E-state index in [2.05, 4.69) is 17.1 Å². The first-order valence-corrected chi connectivity index (χ1v) is 4.70. The lowest BCUT2D eigenvalue weighted by atomic mass is 10.1. The zero-order valence-electron chi connectivity index (χ0n) is 7.90. The molecule has 2 heteroatoms. The highest BCUT2D eigenvalue weighted by Crippen LogP contribution is 2.12. The summed E-state index contributed by atoms with van der Waals surface area (Å²) in [4.78, 5) is 3.03. The number of hydrogen-bond donors (Lipinski definition) is 2. The number of hydrogen-bond acceptors (Lipinski definition) is 1. The van der Waals surface area contributed by atoms with Gasteiger partial charge in [-0.1, -0.05) is 30.3 Å². The van der Waals surface area contributed by atoms with E-state index in [0.29, 0.717) is 0 Å². The fraction of sp³-hybridized carbons (Fsp3) is 0.167. The smallest absolute Gasteiger partial charge is 0.0833 e. The van der Waals surface area contributed by atoms with Crippen LogP contribution in [0.3, 0.4) is 0 Å². The van der Waals surface area contributed by atoms with E-state index < -0.39 is 0 Å². The van der Waals surface area contributed by atoms with Crippen LogP contribution in [0.25, 0.3) is 0 Å². The molecule has 0 atom stereocenters. The molecule has 2 rings (SSSR count). The summed E-state index contributed by atoms with van der Waals surface area (Å²) in [5.74, 6) is 0. The summed E-state index contributed by atoms with van der Waals surface area (Å²) in [6.07, 6.45) is 2.74. The average Bonchev–Trinajstić information content (AvgIpc) is 2.67. The highest BCUT2D eigenvalue weighted by molar-refractivity contribution is 5.28. The first kappa shape index (κ1) is 9.03. The van der Waals surface area contributed by atoms with Crippen LogP contribution in [0.4, 0.5) is 0 Å². The van der Waals surface area contributed by atoms with Crippen LogP contribution < -0.4 is 0 Å². The summed E-state index contributed by atoms with van der Waals surface area (Å²) in [7, 11) is 0. The van der Waals surface area contributed by atoms with Crippen molar-refractivity contribution in [3.63, 3.8) is 0 Å². The SMILES string of the molecule is OCc1[nH]ccc1Cc1ccccc1. The van der Waals surface area contributed by atoms with E-state index in [0.717, 1.165) is 12.1 Å². The summed E-state index contributed by atoms with van der Waals surface area (Å²) in [6, 6.07) is 12.3. The van der Waals surface area contributed by atoms with Crippen molar-refractivity contribution in [1.29, 1.82) is 0 Å². The van der Waals surface area contributed by atoms with E-state index in [4.69, 9.17) is 5.11 Å². The zero-order chi connectivity index (χ0) is 9.80. The third-order valence-corrected chi connectivity index (χ3v) is 2.33. The van der Waals surface area contributed by atoms with Crippen LogP contribution in [0.2, 0.25) is 0 Å². The summed E-state index contributed by atoms with van der Waals surface area (Å²) >= 11 is 0. The first-order chi connectivity index (χ1) is 6.90. The van der Waals surface area contributed by atoms with Gasteiger partial charge in [-0.25, -0.2) is 0 Å². The molecule has 0 amide bonds. The molecule has 2 nitrogen and oxygen atoms in total. The molecular formula is C12H13NO. The van der Waals surface area contributed by atoms with Gasteiger partial charge in [-0.05, 0) is 23.6 Å². The molecule has 0 saturated heterocycles. The minimum absolute atomic E-state index is 0.0785. The molecule has 2 N–H and O–H groups in total. The van der Waals surface area contributed by atoms with E-state index in [1.807, 2.05) is 30.5 Å². The fourth-order valence-corrected chi connectivity index (χ4v) is 1.56. The Bertz CT molecular complexity index is 392. The topological polar surface area (TPSA) is 36.0 Å². The monoisotopic (exact) mass is 187 g/mol. The van der Waals surface area contributed by atoms with Crippen LogP contribution in [0, 0.1) is 0 Å². The predicted octanol–water partition coefficient (Wildman–Crippen LogP) is 2.10. The van der Waals surface area contributed by atoms with Gasteiger partial charge in [0, 0.05) is 11.9 Å². The van der Waals surface area contributed by atoms with Crippen LogP contribution in [0.15, 0.2) is 42.6 Å². The van der Waals surface area contributed by atoms with Gasteiger partial charge in [-0.2, -0.15) is 0 Å². The molecule has 0 aliphatic heterocycles. The van der Waals surface area contributed by atoms with Crippen LogP contribution in [-0.4, -0.2) is 10.1 Å². The maximum absolute atomic E-state index is 9.05. The molecular weight excluding hydrogens is 174 g/mol. The van der Waals surface area contributed by atoms with Crippen molar-refractivity contribution in [3.8, 4) is 0 Å². The number of aromatic nitrogens is 1. The van der Waals surface area contributed by atoms with E-state index >= 15 is 0 Å². The van der Waals surface area contributed by atoms with Gasteiger partial charge in [0.2, 0.25) is 0 Å².